The summed E-state index contributed by atoms with van der Waals surface area (Å²) in [6, 6.07) is 0. The number of hydrogen-bond acceptors (Lipinski definition) is 10. The molecule has 0 saturated heterocycles. The third-order valence-electron chi connectivity index (χ3n) is 11.0. The Morgan fingerprint density at radius 3 is 1.61 bits per heavy atom. The van der Waals surface area contributed by atoms with Crippen molar-refractivity contribution >= 4 is 24.1 Å². The maximum atomic E-state index is 13.4. The third kappa shape index (κ3) is 11.6. The molecule has 1 aliphatic heterocycles. The number of rotatable bonds is 8. The molecule has 0 spiro atoms. The van der Waals surface area contributed by atoms with Crippen molar-refractivity contribution in [2.75, 3.05) is 0 Å². The van der Waals surface area contributed by atoms with E-state index in [9.17, 15) is 19.8 Å². The minimum Gasteiger partial charge on any atom is -0.457 e. The first-order valence-electron chi connectivity index (χ1n) is 19.8. The van der Waals surface area contributed by atoms with Crippen LogP contribution >= 0.6 is 0 Å². The topological polar surface area (TPSA) is 145 Å². The molecular weight excluding hydrogens is 709 g/mol. The zero-order chi connectivity index (χ0) is 40.3. The number of ether oxygens (including phenoxy) is 2. The van der Waals surface area contributed by atoms with Gasteiger partial charge in [0, 0.05) is 35.8 Å². The van der Waals surface area contributed by atoms with Crippen LogP contribution in [-0.2, 0) is 9.47 Å². The summed E-state index contributed by atoms with van der Waals surface area (Å²) in [5, 5.41) is 22.1. The monoisotopic (exact) mass is 766 g/mol. The van der Waals surface area contributed by atoms with Gasteiger partial charge in [-0.1, -0.05) is 126 Å². The molecule has 0 aromatic carbocycles. The third-order valence-corrected chi connectivity index (χ3v) is 11.0. The van der Waals surface area contributed by atoms with Gasteiger partial charge in [0.15, 0.2) is 11.4 Å². The van der Waals surface area contributed by atoms with Crippen molar-refractivity contribution in [1.29, 1.82) is 0 Å². The number of unbranched alkanes of at least 4 members (excludes halogenated alkanes) is 1. The molecule has 2 aromatic rings. The molecule has 2 aromatic heterocycles. The number of allylic oxidation sites excluding steroid dienone is 10. The molecule has 2 aliphatic carbocycles. The normalized spacial score (nSPS) is 29.9. The molecule has 3 heterocycles. The summed E-state index contributed by atoms with van der Waals surface area (Å²) >= 11 is 0. The fraction of sp³-hybridized carbons (Fsp3) is 0.478. The van der Waals surface area contributed by atoms with Crippen molar-refractivity contribution in [2.45, 2.75) is 104 Å². The predicted molar refractivity (Wildman–Crippen MR) is 217 cm³/mol. The van der Waals surface area contributed by atoms with Crippen molar-refractivity contribution in [3.05, 3.63) is 121 Å². The van der Waals surface area contributed by atoms with Crippen LogP contribution < -0.4 is 0 Å². The first-order valence-corrected chi connectivity index (χ1v) is 19.8. The number of carbonyl (C=O) groups excluding carboxylic acids is 2. The molecule has 5 rings (SSSR count). The van der Waals surface area contributed by atoms with Gasteiger partial charge < -0.3 is 28.5 Å². The SMILES string of the molecule is C/C=C/[C@H](O)C(C)(C)[C@@H]1C/C=C\[C@H]2C[C@H]2/C=C/C=C\c2nc(co2)C(=O)O[C@H](C(C)(C)[C@@H](O)/C=C/CCC)C/C=C\[C@H]2C[C@H]2/C=C/C=C\c2nc(co2)C(=O)O1. The van der Waals surface area contributed by atoms with E-state index in [1.165, 1.54) is 12.5 Å². The van der Waals surface area contributed by atoms with Crippen LogP contribution in [-0.4, -0.2) is 56.5 Å². The molecule has 2 N–H and O–H groups in total. The molecule has 300 valence electrons. The maximum Gasteiger partial charge on any atom is 0.360 e. The Kier molecular flexibility index (Phi) is 14.6. The highest BCUT2D eigenvalue weighted by molar-refractivity contribution is 5.87. The van der Waals surface area contributed by atoms with Crippen LogP contribution in [0.2, 0.25) is 0 Å². The molecule has 10 nitrogen and oxygen atoms in total. The van der Waals surface area contributed by atoms with Gasteiger partial charge in [-0.3, -0.25) is 0 Å². The Bertz CT molecular complexity index is 1870. The second-order valence-electron chi connectivity index (χ2n) is 16.1. The Morgan fingerprint density at radius 2 is 1.16 bits per heavy atom. The number of cyclic esters (lactones) is 2. The van der Waals surface area contributed by atoms with Gasteiger partial charge in [0.25, 0.3) is 0 Å². The van der Waals surface area contributed by atoms with E-state index in [2.05, 4.69) is 41.2 Å². The van der Waals surface area contributed by atoms with Gasteiger partial charge in [-0.05, 0) is 49.9 Å². The number of aliphatic hydroxyl groups excluding tert-OH is 2. The summed E-state index contributed by atoms with van der Waals surface area (Å²) < 4.78 is 23.1. The van der Waals surface area contributed by atoms with Crippen molar-refractivity contribution < 1.29 is 38.1 Å². The van der Waals surface area contributed by atoms with E-state index in [1.54, 1.807) is 30.4 Å². The van der Waals surface area contributed by atoms with E-state index in [0.29, 0.717) is 36.5 Å². The molecule has 4 bridgehead atoms. The van der Waals surface area contributed by atoms with Gasteiger partial charge in [-0.25, -0.2) is 19.6 Å². The lowest BCUT2D eigenvalue weighted by molar-refractivity contribution is -0.0462. The van der Waals surface area contributed by atoms with E-state index in [1.807, 2.05) is 77.2 Å². The van der Waals surface area contributed by atoms with Crippen molar-refractivity contribution in [3.63, 3.8) is 0 Å². The van der Waals surface area contributed by atoms with Gasteiger partial charge in [0.05, 0.1) is 12.2 Å². The molecule has 0 amide bonds. The number of carbonyl (C=O) groups is 2. The zero-order valence-corrected chi connectivity index (χ0v) is 33.5. The van der Waals surface area contributed by atoms with Gasteiger partial charge >= 0.3 is 11.9 Å². The highest BCUT2D eigenvalue weighted by Gasteiger charge is 2.40. The summed E-state index contributed by atoms with van der Waals surface area (Å²) in [6.07, 6.45) is 34.9. The minimum absolute atomic E-state index is 0.0593. The number of esters is 2. The summed E-state index contributed by atoms with van der Waals surface area (Å²) in [5.74, 6) is 0.685. The van der Waals surface area contributed by atoms with Gasteiger partial charge in [0.1, 0.15) is 24.7 Å². The van der Waals surface area contributed by atoms with E-state index >= 15 is 0 Å². The average molecular weight is 767 g/mol. The number of hydrogen-bond donors (Lipinski definition) is 2. The first-order chi connectivity index (χ1) is 26.8. The van der Waals surface area contributed by atoms with Gasteiger partial charge in [-0.15, -0.1) is 0 Å². The maximum absolute atomic E-state index is 13.4. The van der Waals surface area contributed by atoms with E-state index in [4.69, 9.17) is 18.3 Å². The van der Waals surface area contributed by atoms with Crippen LogP contribution in [0, 0.1) is 34.5 Å². The molecule has 10 heteroatoms. The van der Waals surface area contributed by atoms with Crippen LogP contribution in [0.3, 0.4) is 0 Å². The predicted octanol–water partition coefficient (Wildman–Crippen LogP) is 9.44. The Balaban J connectivity index is 1.35. The second-order valence-corrected chi connectivity index (χ2v) is 16.1. The first kappa shape index (κ1) is 42.3. The summed E-state index contributed by atoms with van der Waals surface area (Å²) in [5.41, 5.74) is -1.45. The molecule has 0 radical (unpaired) electrons. The number of nitrogens with zero attached hydrogens (tertiary/aromatic N) is 2. The van der Waals surface area contributed by atoms with Crippen LogP contribution in [0.1, 0.15) is 113 Å². The number of aromatic nitrogens is 2. The summed E-state index contributed by atoms with van der Waals surface area (Å²) in [7, 11) is 0. The summed E-state index contributed by atoms with van der Waals surface area (Å²) in [6.45, 7) is 11.5. The highest BCUT2D eigenvalue weighted by atomic mass is 16.6. The van der Waals surface area contributed by atoms with E-state index < -0.39 is 47.2 Å². The fourth-order valence-corrected chi connectivity index (χ4v) is 6.55. The molecule has 2 saturated carbocycles. The highest BCUT2D eigenvalue weighted by Crippen LogP contribution is 2.42. The molecule has 8 atom stereocenters. The standard InChI is InChI=1S/C46H58N2O8/c1-7-9-10-22-38(50)46(5,6)40-24-16-21-34-28-32(34)19-12-13-25-41-47-35(29-53-41)43(51)55-39(45(3,4)37(49)17-8-2)23-15-20-33-27-31(33)18-11-14-26-42-48-36(30-54-42)44(52)56-40/h8,10-22,25-26,29-34,37-40,49-50H,7,9,23-24,27-28H2,1-6H3/b17-8+,18-11+,19-12+,20-15-,21-16-,22-10+,25-13-,26-14-/t31-,32-,33+,34+,37+,38+,39+,40+/m1/s1. The molecule has 56 heavy (non-hydrogen) atoms. The van der Waals surface area contributed by atoms with E-state index in [0.717, 1.165) is 25.7 Å². The smallest absolute Gasteiger partial charge is 0.360 e. The van der Waals surface area contributed by atoms with Crippen LogP contribution in [0.4, 0.5) is 0 Å². The van der Waals surface area contributed by atoms with Gasteiger partial charge in [0.2, 0.25) is 11.8 Å². The fourth-order valence-electron chi connectivity index (χ4n) is 6.55. The average Bonchev–Trinajstić information content (AvgIpc) is 3.96. The van der Waals surface area contributed by atoms with E-state index in [-0.39, 0.29) is 23.2 Å². The molecule has 0 unspecified atom stereocenters. The number of oxazole rings is 2. The van der Waals surface area contributed by atoms with Gasteiger partial charge in [-0.2, -0.15) is 0 Å². The number of fused-ring (bicyclic) bond motifs is 6. The Hall–Kier alpha value is -4.80. The van der Waals surface area contributed by atoms with Crippen molar-refractivity contribution in [2.24, 2.45) is 34.5 Å². The molecular formula is C46H58N2O8. The zero-order valence-electron chi connectivity index (χ0n) is 33.5. The second kappa shape index (κ2) is 19.4. The lowest BCUT2D eigenvalue weighted by atomic mass is 9.78. The number of aliphatic hydroxyl groups is 2. The van der Waals surface area contributed by atoms with Crippen molar-refractivity contribution in [1.82, 2.24) is 9.97 Å². The largest absolute Gasteiger partial charge is 0.457 e. The van der Waals surface area contributed by atoms with Crippen LogP contribution in [0.25, 0.3) is 12.2 Å². The summed E-state index contributed by atoms with van der Waals surface area (Å²) in [4.78, 5) is 35.3. The molecule has 2 fully saturated rings. The lowest BCUT2D eigenvalue weighted by Crippen LogP contribution is -2.42. The van der Waals surface area contributed by atoms with Crippen LogP contribution in [0.5, 0.6) is 0 Å². The Morgan fingerprint density at radius 1 is 0.714 bits per heavy atom. The molecule has 3 aliphatic rings. The Labute approximate surface area is 331 Å². The minimum atomic E-state index is -0.833. The quantitative estimate of drug-likeness (QED) is 0.197. The van der Waals surface area contributed by atoms with Crippen LogP contribution in [0.15, 0.2) is 106 Å². The lowest BCUT2D eigenvalue weighted by Gasteiger charge is -2.36. The van der Waals surface area contributed by atoms with Crippen molar-refractivity contribution in [3.8, 4) is 0 Å².